The minimum Gasteiger partial charge on any atom is -0.296 e. The van der Waals surface area contributed by atoms with E-state index < -0.39 is 15.9 Å². The molecule has 0 saturated heterocycles. The van der Waals surface area contributed by atoms with Crippen molar-refractivity contribution in [2.24, 2.45) is 0 Å². The largest absolute Gasteiger partial charge is 0.296 e. The van der Waals surface area contributed by atoms with Crippen molar-refractivity contribution in [3.05, 3.63) is 64.7 Å². The topological polar surface area (TPSA) is 92.3 Å². The smallest absolute Gasteiger partial charge is 0.264 e. The molecule has 0 atom stereocenters. The highest BCUT2D eigenvalue weighted by Crippen LogP contribution is 2.24. The molecule has 1 amide bonds. The molecular formula is C22H26N4O3S2. The third kappa shape index (κ3) is 5.68. The van der Waals surface area contributed by atoms with Gasteiger partial charge in [-0.2, -0.15) is 0 Å². The summed E-state index contributed by atoms with van der Waals surface area (Å²) in [5.41, 5.74) is 1.82. The fourth-order valence-electron chi connectivity index (χ4n) is 2.95. The summed E-state index contributed by atoms with van der Waals surface area (Å²) in [7, 11) is -2.32. The molecule has 164 valence electrons. The molecule has 0 aliphatic carbocycles. The van der Waals surface area contributed by atoms with Crippen molar-refractivity contribution in [3.63, 3.8) is 0 Å². The number of unbranched alkanes of at least 4 members (excludes halogenated alkanes) is 2. The van der Waals surface area contributed by atoms with E-state index in [0.717, 1.165) is 36.3 Å². The number of hydrogen-bond donors (Lipinski definition) is 1. The monoisotopic (exact) mass is 458 g/mol. The van der Waals surface area contributed by atoms with Crippen LogP contribution in [-0.2, 0) is 16.4 Å². The third-order valence-electron chi connectivity index (χ3n) is 4.83. The molecule has 0 bridgehead atoms. The number of aryl methyl sites for hydroxylation is 2. The Labute approximate surface area is 187 Å². The highest BCUT2D eigenvalue weighted by atomic mass is 32.2. The Bertz CT molecular complexity index is 1140. The van der Waals surface area contributed by atoms with Crippen LogP contribution in [0.2, 0.25) is 0 Å². The second kappa shape index (κ2) is 10.0. The highest BCUT2D eigenvalue weighted by molar-refractivity contribution is 7.92. The van der Waals surface area contributed by atoms with E-state index in [1.807, 2.05) is 19.1 Å². The van der Waals surface area contributed by atoms with E-state index in [9.17, 15) is 13.2 Å². The van der Waals surface area contributed by atoms with Crippen LogP contribution in [0.15, 0.2) is 53.4 Å². The minimum absolute atomic E-state index is 0.0424. The molecule has 0 spiro atoms. The van der Waals surface area contributed by atoms with Crippen LogP contribution in [0.4, 0.5) is 10.8 Å². The highest BCUT2D eigenvalue weighted by Gasteiger charge is 2.22. The standard InChI is InChI=1S/C22H26N4O3S2/c1-4-5-6-10-20-24-25-22(30-20)23-21(27)17-8-7-9-19(15-17)31(28,29)26(3)18-13-11-16(2)12-14-18/h7-9,11-15H,4-6,10H2,1-3H3,(H,23,25,27). The van der Waals surface area contributed by atoms with Crippen molar-refractivity contribution < 1.29 is 13.2 Å². The number of amides is 1. The van der Waals surface area contributed by atoms with Gasteiger partial charge in [0.1, 0.15) is 5.01 Å². The molecule has 1 heterocycles. The summed E-state index contributed by atoms with van der Waals surface area (Å²) in [5.74, 6) is -0.425. The maximum absolute atomic E-state index is 13.1. The Morgan fingerprint density at radius 3 is 2.55 bits per heavy atom. The van der Waals surface area contributed by atoms with Gasteiger partial charge in [0.2, 0.25) is 5.13 Å². The van der Waals surface area contributed by atoms with E-state index in [2.05, 4.69) is 22.4 Å². The van der Waals surface area contributed by atoms with Gasteiger partial charge >= 0.3 is 0 Å². The average molecular weight is 459 g/mol. The summed E-state index contributed by atoms with van der Waals surface area (Å²) < 4.78 is 27.3. The van der Waals surface area contributed by atoms with Gasteiger partial charge < -0.3 is 0 Å². The van der Waals surface area contributed by atoms with Gasteiger partial charge in [-0.25, -0.2) is 8.42 Å². The van der Waals surface area contributed by atoms with E-state index in [1.54, 1.807) is 24.3 Å². The number of benzene rings is 2. The number of carbonyl (C=O) groups excluding carboxylic acids is 1. The lowest BCUT2D eigenvalue weighted by Crippen LogP contribution is -2.26. The van der Waals surface area contributed by atoms with Gasteiger partial charge in [0.15, 0.2) is 0 Å². The lowest BCUT2D eigenvalue weighted by atomic mass is 10.2. The van der Waals surface area contributed by atoms with Crippen molar-refractivity contribution in [1.29, 1.82) is 0 Å². The van der Waals surface area contributed by atoms with Crippen molar-refractivity contribution >= 4 is 38.1 Å². The number of anilines is 2. The summed E-state index contributed by atoms with van der Waals surface area (Å²) in [4.78, 5) is 12.7. The molecule has 7 nitrogen and oxygen atoms in total. The van der Waals surface area contributed by atoms with E-state index in [4.69, 9.17) is 0 Å². The Morgan fingerprint density at radius 1 is 1.10 bits per heavy atom. The van der Waals surface area contributed by atoms with E-state index in [0.29, 0.717) is 10.8 Å². The number of aromatic nitrogens is 2. The zero-order valence-electron chi connectivity index (χ0n) is 17.8. The summed E-state index contributed by atoms with van der Waals surface area (Å²) in [6, 6.07) is 13.2. The summed E-state index contributed by atoms with van der Waals surface area (Å²) in [5, 5.41) is 12.1. The van der Waals surface area contributed by atoms with Crippen LogP contribution in [-0.4, -0.2) is 31.6 Å². The first-order chi connectivity index (χ1) is 14.8. The Morgan fingerprint density at radius 2 is 1.84 bits per heavy atom. The lowest BCUT2D eigenvalue weighted by Gasteiger charge is -2.20. The molecule has 3 rings (SSSR count). The summed E-state index contributed by atoms with van der Waals surface area (Å²) in [6.45, 7) is 4.07. The van der Waals surface area contributed by atoms with Crippen molar-refractivity contribution in [3.8, 4) is 0 Å². The minimum atomic E-state index is -3.81. The number of sulfonamides is 1. The molecule has 2 aromatic carbocycles. The maximum atomic E-state index is 13.1. The van der Waals surface area contributed by atoms with Gasteiger partial charge in [-0.1, -0.05) is 54.9 Å². The quantitative estimate of drug-likeness (QED) is 0.471. The molecule has 0 aliphatic rings. The summed E-state index contributed by atoms with van der Waals surface area (Å²) >= 11 is 1.34. The predicted octanol–water partition coefficient (Wildman–Crippen LogP) is 4.66. The van der Waals surface area contributed by atoms with Gasteiger partial charge in [0.05, 0.1) is 10.6 Å². The van der Waals surface area contributed by atoms with Crippen LogP contribution < -0.4 is 9.62 Å². The van der Waals surface area contributed by atoms with Gasteiger partial charge in [-0.3, -0.25) is 14.4 Å². The Balaban J connectivity index is 1.74. The van der Waals surface area contributed by atoms with Gasteiger partial charge in [0, 0.05) is 19.0 Å². The number of hydrogen-bond acceptors (Lipinski definition) is 6. The van der Waals surface area contributed by atoms with Crippen LogP contribution in [0.25, 0.3) is 0 Å². The molecular weight excluding hydrogens is 432 g/mol. The third-order valence-corrected chi connectivity index (χ3v) is 7.51. The predicted molar refractivity (Wildman–Crippen MR) is 124 cm³/mol. The molecule has 0 fully saturated rings. The van der Waals surface area contributed by atoms with E-state index >= 15 is 0 Å². The van der Waals surface area contributed by atoms with Gasteiger partial charge in [-0.05, 0) is 43.7 Å². The van der Waals surface area contributed by atoms with E-state index in [-0.39, 0.29) is 10.5 Å². The zero-order valence-corrected chi connectivity index (χ0v) is 19.5. The number of nitrogens with zero attached hydrogens (tertiary/aromatic N) is 3. The molecule has 0 aliphatic heterocycles. The van der Waals surface area contributed by atoms with Crippen LogP contribution in [0.5, 0.6) is 0 Å². The molecule has 0 unspecified atom stereocenters. The summed E-state index contributed by atoms with van der Waals surface area (Å²) in [6.07, 6.45) is 4.12. The molecule has 3 aromatic rings. The maximum Gasteiger partial charge on any atom is 0.264 e. The fraction of sp³-hybridized carbons (Fsp3) is 0.318. The second-order valence-electron chi connectivity index (χ2n) is 7.25. The van der Waals surface area contributed by atoms with Crippen molar-refractivity contribution in [1.82, 2.24) is 10.2 Å². The Hall–Kier alpha value is -2.78. The second-order valence-corrected chi connectivity index (χ2v) is 10.3. The average Bonchev–Trinajstić information content (AvgIpc) is 3.21. The SMILES string of the molecule is CCCCCc1nnc(NC(=O)c2cccc(S(=O)(=O)N(C)c3ccc(C)cc3)c2)s1. The first-order valence-corrected chi connectivity index (χ1v) is 12.4. The molecule has 31 heavy (non-hydrogen) atoms. The van der Waals surface area contributed by atoms with Crippen molar-refractivity contribution in [2.45, 2.75) is 44.4 Å². The molecule has 1 N–H and O–H groups in total. The van der Waals surface area contributed by atoms with Crippen LogP contribution in [0, 0.1) is 6.92 Å². The van der Waals surface area contributed by atoms with E-state index in [1.165, 1.54) is 34.8 Å². The first kappa shape index (κ1) is 22.9. The normalized spacial score (nSPS) is 11.3. The zero-order chi connectivity index (χ0) is 22.4. The lowest BCUT2D eigenvalue weighted by molar-refractivity contribution is 0.102. The van der Waals surface area contributed by atoms with Crippen LogP contribution >= 0.6 is 11.3 Å². The molecule has 9 heteroatoms. The molecule has 0 radical (unpaired) electrons. The van der Waals surface area contributed by atoms with Gasteiger partial charge in [0.25, 0.3) is 15.9 Å². The molecule has 1 aromatic heterocycles. The van der Waals surface area contributed by atoms with Gasteiger partial charge in [-0.15, -0.1) is 10.2 Å². The van der Waals surface area contributed by atoms with Crippen LogP contribution in [0.1, 0.15) is 47.1 Å². The molecule has 0 saturated carbocycles. The van der Waals surface area contributed by atoms with Crippen LogP contribution in [0.3, 0.4) is 0 Å². The fourth-order valence-corrected chi connectivity index (χ4v) is 4.97. The Kier molecular flexibility index (Phi) is 7.40. The number of nitrogens with one attached hydrogen (secondary N) is 1. The number of rotatable bonds is 9. The number of carbonyl (C=O) groups is 1. The van der Waals surface area contributed by atoms with Crippen molar-refractivity contribution in [2.75, 3.05) is 16.7 Å². The first-order valence-electron chi connectivity index (χ1n) is 10.1.